The summed E-state index contributed by atoms with van der Waals surface area (Å²) in [5.74, 6) is -1.88. The van der Waals surface area contributed by atoms with Crippen LogP contribution in [0.4, 0.5) is 14.5 Å². The van der Waals surface area contributed by atoms with E-state index in [9.17, 15) is 22.0 Å². The van der Waals surface area contributed by atoms with Gasteiger partial charge in [-0.2, -0.15) is 0 Å². The fraction of sp³-hybridized carbons (Fsp3) is 0.214. The van der Waals surface area contributed by atoms with Gasteiger partial charge in [0.05, 0.1) is 5.52 Å². The Bertz CT molecular complexity index is 1570. The Kier molecular flexibility index (Phi) is 7.35. The number of nitrogens with one attached hydrogen (secondary N) is 1. The van der Waals surface area contributed by atoms with Crippen LogP contribution in [-0.4, -0.2) is 55.3 Å². The first-order valence-electron chi connectivity index (χ1n) is 12.2. The lowest BCUT2D eigenvalue weighted by Crippen LogP contribution is -2.35. The molecule has 0 spiro atoms. The molecule has 1 aliphatic rings. The molecule has 2 heterocycles. The number of benzene rings is 3. The number of anilines is 1. The number of amides is 1. The highest BCUT2D eigenvalue weighted by Gasteiger charge is 2.22. The van der Waals surface area contributed by atoms with Crippen LogP contribution in [0.1, 0.15) is 22.3 Å². The monoisotopic (exact) mass is 536 g/mol. The van der Waals surface area contributed by atoms with Gasteiger partial charge in [-0.3, -0.25) is 19.4 Å². The summed E-state index contributed by atoms with van der Waals surface area (Å²) in [6.07, 6.45) is 2.29. The van der Waals surface area contributed by atoms with Gasteiger partial charge in [0.2, 0.25) is 0 Å². The molecule has 5 rings (SSSR count). The Morgan fingerprint density at radius 1 is 0.895 bits per heavy atom. The Morgan fingerprint density at radius 2 is 1.68 bits per heavy atom. The average molecular weight is 537 g/mol. The first kappa shape index (κ1) is 25.7. The number of rotatable bonds is 6. The maximum Gasteiger partial charge on any atom is 0.264 e. The number of hydrogen-bond donors (Lipinski definition) is 1. The van der Waals surface area contributed by atoms with Crippen LogP contribution in [0.5, 0.6) is 0 Å². The fourth-order valence-electron chi connectivity index (χ4n) is 4.59. The first-order chi connectivity index (χ1) is 18.3. The minimum absolute atomic E-state index is 0.0771. The van der Waals surface area contributed by atoms with E-state index in [1.165, 1.54) is 12.1 Å². The molecule has 7 nitrogen and oxygen atoms in total. The molecule has 1 amide bonds. The van der Waals surface area contributed by atoms with E-state index in [1.54, 1.807) is 65.7 Å². The Morgan fingerprint density at radius 3 is 2.47 bits per heavy atom. The van der Waals surface area contributed by atoms with Gasteiger partial charge in [0.1, 0.15) is 4.90 Å². The molecule has 4 aromatic rings. The molecule has 38 heavy (non-hydrogen) atoms. The number of halogens is 2. The molecule has 1 fully saturated rings. The molecule has 3 aromatic carbocycles. The minimum atomic E-state index is -3.89. The summed E-state index contributed by atoms with van der Waals surface area (Å²) >= 11 is 0. The van der Waals surface area contributed by atoms with Crippen LogP contribution in [0.25, 0.3) is 10.9 Å². The summed E-state index contributed by atoms with van der Waals surface area (Å²) in [4.78, 5) is 21.3. The lowest BCUT2D eigenvalue weighted by molar-refractivity contribution is 0.0761. The Hall–Kier alpha value is -3.89. The molecule has 1 N–H and O–H groups in total. The summed E-state index contributed by atoms with van der Waals surface area (Å²) in [5, 5.41) is 0.720. The smallest absolute Gasteiger partial charge is 0.264 e. The SMILES string of the molecule is O=C(c1ccc(NS(=O)(=O)c2cccc3cccnc23)cc1)N1CCCN(Cc2ccc(F)c(F)c2)CC1. The normalized spacial score (nSPS) is 14.8. The number of pyridine rings is 1. The summed E-state index contributed by atoms with van der Waals surface area (Å²) in [6, 6.07) is 18.8. The summed E-state index contributed by atoms with van der Waals surface area (Å²) in [6.45, 7) is 2.86. The van der Waals surface area contributed by atoms with Crippen molar-refractivity contribution in [1.82, 2.24) is 14.8 Å². The lowest BCUT2D eigenvalue weighted by Gasteiger charge is -2.22. The van der Waals surface area contributed by atoms with Crippen molar-refractivity contribution in [3.63, 3.8) is 0 Å². The third kappa shape index (κ3) is 5.66. The van der Waals surface area contributed by atoms with Crippen molar-refractivity contribution in [2.75, 3.05) is 30.9 Å². The van der Waals surface area contributed by atoms with Crippen LogP contribution < -0.4 is 4.72 Å². The largest absolute Gasteiger partial charge is 0.337 e. The van der Waals surface area contributed by atoms with Crippen LogP contribution in [0, 0.1) is 11.6 Å². The minimum Gasteiger partial charge on any atom is -0.337 e. The van der Waals surface area contributed by atoms with Crippen molar-refractivity contribution in [1.29, 1.82) is 0 Å². The van der Waals surface area contributed by atoms with Crippen molar-refractivity contribution in [2.24, 2.45) is 0 Å². The maximum atomic E-state index is 13.6. The zero-order valence-electron chi connectivity index (χ0n) is 20.5. The van der Waals surface area contributed by atoms with Crippen LogP contribution in [0.15, 0.2) is 83.9 Å². The molecule has 196 valence electrons. The second kappa shape index (κ2) is 10.8. The molecule has 0 radical (unpaired) electrons. The molecule has 0 atom stereocenters. The molecular formula is C28H26F2N4O3S. The van der Waals surface area contributed by atoms with Crippen molar-refractivity contribution in [2.45, 2.75) is 17.9 Å². The number of carbonyl (C=O) groups excluding carboxylic acids is 1. The maximum absolute atomic E-state index is 13.6. The van der Waals surface area contributed by atoms with E-state index in [0.29, 0.717) is 48.5 Å². The van der Waals surface area contributed by atoms with Gasteiger partial charge >= 0.3 is 0 Å². The molecule has 1 saturated heterocycles. The van der Waals surface area contributed by atoms with Gasteiger partial charge in [0.15, 0.2) is 11.6 Å². The predicted octanol–water partition coefficient (Wildman–Crippen LogP) is 4.66. The number of nitrogens with zero attached hydrogens (tertiary/aromatic N) is 3. The van der Waals surface area contributed by atoms with E-state index >= 15 is 0 Å². The lowest BCUT2D eigenvalue weighted by atomic mass is 10.2. The predicted molar refractivity (Wildman–Crippen MR) is 141 cm³/mol. The molecule has 0 saturated carbocycles. The van der Waals surface area contributed by atoms with Crippen LogP contribution in [0.3, 0.4) is 0 Å². The average Bonchev–Trinajstić information content (AvgIpc) is 3.16. The fourth-order valence-corrected chi connectivity index (χ4v) is 5.83. The third-order valence-electron chi connectivity index (χ3n) is 6.54. The third-order valence-corrected chi connectivity index (χ3v) is 7.95. The van der Waals surface area contributed by atoms with E-state index in [4.69, 9.17) is 0 Å². The van der Waals surface area contributed by atoms with Gasteiger partial charge in [-0.05, 0) is 60.5 Å². The van der Waals surface area contributed by atoms with Gasteiger partial charge < -0.3 is 4.90 Å². The highest BCUT2D eigenvalue weighted by molar-refractivity contribution is 7.93. The zero-order chi connectivity index (χ0) is 26.7. The molecule has 0 bridgehead atoms. The summed E-state index contributed by atoms with van der Waals surface area (Å²) in [7, 11) is -3.89. The Balaban J connectivity index is 1.23. The van der Waals surface area contributed by atoms with Crippen LogP contribution in [0.2, 0.25) is 0 Å². The van der Waals surface area contributed by atoms with Gasteiger partial charge in [-0.25, -0.2) is 17.2 Å². The molecule has 10 heteroatoms. The number of aromatic nitrogens is 1. The van der Waals surface area contributed by atoms with E-state index in [0.717, 1.165) is 24.4 Å². The van der Waals surface area contributed by atoms with E-state index in [1.807, 2.05) is 0 Å². The van der Waals surface area contributed by atoms with Crippen molar-refractivity contribution in [3.05, 3.63) is 102 Å². The second-order valence-corrected chi connectivity index (χ2v) is 10.8. The quantitative estimate of drug-likeness (QED) is 0.388. The van der Waals surface area contributed by atoms with E-state index in [-0.39, 0.29) is 10.8 Å². The molecule has 1 aliphatic heterocycles. The molecular weight excluding hydrogens is 510 g/mol. The number of carbonyl (C=O) groups is 1. The number of para-hydroxylation sites is 1. The van der Waals surface area contributed by atoms with Gasteiger partial charge in [0.25, 0.3) is 15.9 Å². The van der Waals surface area contributed by atoms with Crippen molar-refractivity contribution >= 4 is 32.5 Å². The number of fused-ring (bicyclic) bond motifs is 1. The van der Waals surface area contributed by atoms with Crippen molar-refractivity contribution in [3.8, 4) is 0 Å². The molecule has 0 aliphatic carbocycles. The number of hydrogen-bond acceptors (Lipinski definition) is 5. The standard InChI is InChI=1S/C28H26F2N4O3S/c29-24-12-7-20(18-25(24)30)19-33-14-3-15-34(17-16-33)28(35)22-8-10-23(11-9-22)32-38(36,37)26-6-1-4-21-5-2-13-31-27(21)26/h1-2,4-13,18,32H,3,14-17,19H2. The van der Waals surface area contributed by atoms with Crippen LogP contribution in [-0.2, 0) is 16.6 Å². The van der Waals surface area contributed by atoms with Gasteiger partial charge in [-0.15, -0.1) is 0 Å². The van der Waals surface area contributed by atoms with E-state index < -0.39 is 21.7 Å². The first-order valence-corrected chi connectivity index (χ1v) is 13.7. The topological polar surface area (TPSA) is 82.6 Å². The Labute approximate surface area is 219 Å². The van der Waals surface area contributed by atoms with E-state index in [2.05, 4.69) is 14.6 Å². The second-order valence-electron chi connectivity index (χ2n) is 9.18. The summed E-state index contributed by atoms with van der Waals surface area (Å²) < 4.78 is 55.4. The van der Waals surface area contributed by atoms with Gasteiger partial charge in [0, 0.05) is 55.6 Å². The zero-order valence-corrected chi connectivity index (χ0v) is 21.3. The number of sulfonamides is 1. The summed E-state index contributed by atoms with van der Waals surface area (Å²) in [5.41, 5.74) is 1.85. The molecule has 0 unspecified atom stereocenters. The highest BCUT2D eigenvalue weighted by atomic mass is 32.2. The van der Waals surface area contributed by atoms with Crippen molar-refractivity contribution < 1.29 is 22.0 Å². The van der Waals surface area contributed by atoms with Gasteiger partial charge in [-0.1, -0.05) is 24.3 Å². The molecule has 1 aromatic heterocycles. The van der Waals surface area contributed by atoms with Crippen LogP contribution >= 0.6 is 0 Å². The highest BCUT2D eigenvalue weighted by Crippen LogP contribution is 2.24.